The molecule has 0 saturated carbocycles. The standard InChI is InChI=1S/C31H32N4O4S/c1-20(2)16-25(37)10-11-28(38)32-19-21-6-8-22(9-7-21)27-18-26-29(40-27)31(35-12-14-39-15-13-35)34-30(33-26)23-4-3-5-24(36)17-23/h3-9,16-18,36H,10-15,19H2,1-2H3,(H,32,38). The molecule has 1 saturated heterocycles. The zero-order valence-electron chi connectivity index (χ0n) is 22.6. The molecule has 1 aliphatic heterocycles. The molecular weight excluding hydrogens is 524 g/mol. The second kappa shape index (κ2) is 12.4. The lowest BCUT2D eigenvalue weighted by atomic mass is 10.1. The van der Waals surface area contributed by atoms with E-state index >= 15 is 0 Å². The predicted molar refractivity (Wildman–Crippen MR) is 159 cm³/mol. The summed E-state index contributed by atoms with van der Waals surface area (Å²) < 4.78 is 6.58. The summed E-state index contributed by atoms with van der Waals surface area (Å²) in [4.78, 5) is 37.1. The number of nitrogens with zero attached hydrogens (tertiary/aromatic N) is 3. The van der Waals surface area contributed by atoms with E-state index in [1.165, 1.54) is 0 Å². The number of morpholine rings is 1. The number of fused-ring (bicyclic) bond motifs is 1. The predicted octanol–water partition coefficient (Wildman–Crippen LogP) is 5.50. The number of anilines is 1. The molecule has 0 bridgehead atoms. The van der Waals surface area contributed by atoms with Crippen LogP contribution in [0.25, 0.3) is 32.0 Å². The molecule has 206 valence electrons. The third kappa shape index (κ3) is 6.73. The summed E-state index contributed by atoms with van der Waals surface area (Å²) in [6.07, 6.45) is 1.97. The van der Waals surface area contributed by atoms with Gasteiger partial charge in [0.1, 0.15) is 5.75 Å². The summed E-state index contributed by atoms with van der Waals surface area (Å²) >= 11 is 1.65. The Kier molecular flexibility index (Phi) is 8.52. The van der Waals surface area contributed by atoms with E-state index in [2.05, 4.69) is 16.3 Å². The Bertz CT molecular complexity index is 1550. The van der Waals surface area contributed by atoms with Crippen molar-refractivity contribution in [2.75, 3.05) is 31.2 Å². The molecule has 9 heteroatoms. The van der Waals surface area contributed by atoms with Crippen molar-refractivity contribution < 1.29 is 19.4 Å². The van der Waals surface area contributed by atoms with Crippen molar-refractivity contribution in [3.8, 4) is 27.6 Å². The van der Waals surface area contributed by atoms with Gasteiger partial charge in [-0.3, -0.25) is 9.59 Å². The van der Waals surface area contributed by atoms with Gasteiger partial charge >= 0.3 is 0 Å². The molecule has 0 atom stereocenters. The number of allylic oxidation sites excluding steroid dienone is 2. The van der Waals surface area contributed by atoms with E-state index in [0.717, 1.165) is 56.3 Å². The fourth-order valence-electron chi connectivity index (χ4n) is 4.53. The number of ketones is 1. The number of benzene rings is 2. The maximum Gasteiger partial charge on any atom is 0.220 e. The van der Waals surface area contributed by atoms with Crippen molar-refractivity contribution in [1.29, 1.82) is 0 Å². The van der Waals surface area contributed by atoms with Crippen molar-refractivity contribution in [2.45, 2.75) is 33.2 Å². The fourth-order valence-corrected chi connectivity index (χ4v) is 5.65. The monoisotopic (exact) mass is 556 g/mol. The number of phenolic OH excluding ortho intramolecular Hbond substituents is 1. The highest BCUT2D eigenvalue weighted by molar-refractivity contribution is 7.22. The number of hydrogen-bond donors (Lipinski definition) is 2. The number of phenols is 1. The van der Waals surface area contributed by atoms with Crippen LogP contribution in [0, 0.1) is 0 Å². The Labute approximate surface area is 237 Å². The van der Waals surface area contributed by atoms with Gasteiger partial charge in [-0.1, -0.05) is 42.0 Å². The number of nitrogens with one attached hydrogen (secondary N) is 1. The zero-order valence-corrected chi connectivity index (χ0v) is 23.5. The third-order valence-corrected chi connectivity index (χ3v) is 7.71. The van der Waals surface area contributed by atoms with Gasteiger partial charge in [0.15, 0.2) is 17.4 Å². The first-order valence-electron chi connectivity index (χ1n) is 13.3. The number of aromatic nitrogens is 2. The van der Waals surface area contributed by atoms with E-state index in [4.69, 9.17) is 14.7 Å². The van der Waals surface area contributed by atoms with Crippen molar-refractivity contribution in [3.63, 3.8) is 0 Å². The van der Waals surface area contributed by atoms with Gasteiger partial charge in [0.05, 0.1) is 23.4 Å². The number of carbonyl (C=O) groups is 2. The highest BCUT2D eigenvalue weighted by atomic mass is 32.1. The molecule has 2 N–H and O–H groups in total. The molecule has 0 spiro atoms. The van der Waals surface area contributed by atoms with Gasteiger partial charge in [-0.15, -0.1) is 11.3 Å². The number of ether oxygens (including phenoxy) is 1. The van der Waals surface area contributed by atoms with Crippen LogP contribution in [-0.2, 0) is 20.9 Å². The van der Waals surface area contributed by atoms with Gasteiger partial charge in [0.25, 0.3) is 0 Å². The SMILES string of the molecule is CC(C)=CC(=O)CCC(=O)NCc1ccc(-c2cc3nc(-c4cccc(O)c4)nc(N4CCOCC4)c3s2)cc1. The van der Waals surface area contributed by atoms with E-state index in [9.17, 15) is 14.7 Å². The number of thiophene rings is 1. The van der Waals surface area contributed by atoms with E-state index < -0.39 is 0 Å². The normalized spacial score (nSPS) is 13.3. The molecule has 5 rings (SSSR count). The highest BCUT2D eigenvalue weighted by Gasteiger charge is 2.21. The zero-order chi connectivity index (χ0) is 28.1. The summed E-state index contributed by atoms with van der Waals surface area (Å²) in [7, 11) is 0. The lowest BCUT2D eigenvalue weighted by molar-refractivity contribution is -0.124. The lowest BCUT2D eigenvalue weighted by Crippen LogP contribution is -2.36. The van der Waals surface area contributed by atoms with Gasteiger partial charge in [0.2, 0.25) is 5.91 Å². The van der Waals surface area contributed by atoms with Crippen LogP contribution in [0.3, 0.4) is 0 Å². The molecular formula is C31H32N4O4S. The van der Waals surface area contributed by atoms with Gasteiger partial charge in [-0.2, -0.15) is 0 Å². The van der Waals surface area contributed by atoms with Gasteiger partial charge in [-0.25, -0.2) is 9.97 Å². The van der Waals surface area contributed by atoms with E-state index in [0.29, 0.717) is 25.6 Å². The Morgan fingerprint density at radius 2 is 1.80 bits per heavy atom. The number of hydrogen-bond acceptors (Lipinski definition) is 8. The first-order valence-corrected chi connectivity index (χ1v) is 14.1. The van der Waals surface area contributed by atoms with Gasteiger partial charge in [-0.05, 0) is 49.2 Å². The highest BCUT2D eigenvalue weighted by Crippen LogP contribution is 2.39. The molecule has 40 heavy (non-hydrogen) atoms. The number of amides is 1. The van der Waals surface area contributed by atoms with Crippen LogP contribution in [-0.4, -0.2) is 53.1 Å². The Morgan fingerprint density at radius 1 is 1.02 bits per heavy atom. The van der Waals surface area contributed by atoms with E-state index in [1.54, 1.807) is 35.6 Å². The van der Waals surface area contributed by atoms with Crippen LogP contribution in [0.15, 0.2) is 66.2 Å². The Morgan fingerprint density at radius 3 is 2.52 bits per heavy atom. The summed E-state index contributed by atoms with van der Waals surface area (Å²) in [5.74, 6) is 1.46. The fraction of sp³-hybridized carbons (Fsp3) is 0.290. The molecule has 3 heterocycles. The average Bonchev–Trinajstić information content (AvgIpc) is 3.39. The minimum atomic E-state index is -0.138. The number of rotatable bonds is 9. The molecule has 0 unspecified atom stereocenters. The number of carbonyl (C=O) groups excluding carboxylic acids is 2. The smallest absolute Gasteiger partial charge is 0.220 e. The molecule has 1 amide bonds. The van der Waals surface area contributed by atoms with Crippen molar-refractivity contribution >= 4 is 39.1 Å². The van der Waals surface area contributed by atoms with Crippen LogP contribution in [0.2, 0.25) is 0 Å². The molecule has 1 fully saturated rings. The topological polar surface area (TPSA) is 105 Å². The molecule has 1 aliphatic rings. The second-order valence-corrected chi connectivity index (χ2v) is 11.1. The largest absolute Gasteiger partial charge is 0.508 e. The minimum Gasteiger partial charge on any atom is -0.508 e. The van der Waals surface area contributed by atoms with Crippen LogP contribution in [0.5, 0.6) is 5.75 Å². The minimum absolute atomic E-state index is 0.0293. The first-order chi connectivity index (χ1) is 19.4. The third-order valence-electron chi connectivity index (χ3n) is 6.54. The quantitative estimate of drug-likeness (QED) is 0.262. The van der Waals surface area contributed by atoms with Crippen molar-refractivity contribution in [3.05, 3.63) is 71.8 Å². The van der Waals surface area contributed by atoms with Gasteiger partial charge in [0, 0.05) is 42.9 Å². The second-order valence-electron chi connectivity index (χ2n) is 10.0. The van der Waals surface area contributed by atoms with Crippen LogP contribution >= 0.6 is 11.3 Å². The summed E-state index contributed by atoms with van der Waals surface area (Å²) in [5, 5.41) is 12.9. The van der Waals surface area contributed by atoms with Crippen molar-refractivity contribution in [2.24, 2.45) is 0 Å². The maximum atomic E-state index is 12.2. The summed E-state index contributed by atoms with van der Waals surface area (Å²) in [5.41, 5.74) is 4.59. The van der Waals surface area contributed by atoms with Crippen LogP contribution < -0.4 is 10.2 Å². The summed E-state index contributed by atoms with van der Waals surface area (Å²) in [6, 6.07) is 17.2. The van der Waals surface area contributed by atoms with Crippen LogP contribution in [0.1, 0.15) is 32.3 Å². The van der Waals surface area contributed by atoms with Gasteiger partial charge < -0.3 is 20.1 Å². The first kappa shape index (κ1) is 27.5. The maximum absolute atomic E-state index is 12.2. The lowest BCUT2D eigenvalue weighted by Gasteiger charge is -2.28. The molecule has 2 aromatic heterocycles. The molecule has 2 aromatic carbocycles. The van der Waals surface area contributed by atoms with E-state index in [-0.39, 0.29) is 30.3 Å². The number of aromatic hydroxyl groups is 1. The Hall–Kier alpha value is -4.08. The van der Waals surface area contributed by atoms with Crippen molar-refractivity contribution in [1.82, 2.24) is 15.3 Å². The molecule has 4 aromatic rings. The van der Waals surface area contributed by atoms with Crippen LogP contribution in [0.4, 0.5) is 5.82 Å². The summed E-state index contributed by atoms with van der Waals surface area (Å²) in [6.45, 7) is 6.94. The molecule has 0 radical (unpaired) electrons. The Balaban J connectivity index is 1.34. The molecule has 0 aliphatic carbocycles. The van der Waals surface area contributed by atoms with E-state index in [1.807, 2.05) is 44.2 Å². The molecule has 8 nitrogen and oxygen atoms in total. The average molecular weight is 557 g/mol.